The number of halogens is 1. The second-order valence-corrected chi connectivity index (χ2v) is 3.84. The molecule has 0 spiro atoms. The van der Waals surface area contributed by atoms with Gasteiger partial charge in [-0.1, -0.05) is 5.16 Å². The Kier molecular flexibility index (Phi) is 3.93. The Morgan fingerprint density at radius 1 is 1.43 bits per heavy atom. The number of nitrogens with zero attached hydrogens (tertiary/aromatic N) is 3. The summed E-state index contributed by atoms with van der Waals surface area (Å²) in [6.07, 6.45) is 1.33. The number of non-ortho nitro benzene ring substituents is 1. The molecule has 0 bridgehead atoms. The molecule has 3 N–H and O–H groups in total. The van der Waals surface area contributed by atoms with Crippen LogP contribution in [0.25, 0.3) is 0 Å². The smallest absolute Gasteiger partial charge is 0.272 e. The van der Waals surface area contributed by atoms with Gasteiger partial charge in [-0.3, -0.25) is 10.1 Å². The molecule has 1 heterocycles. The average Bonchev–Trinajstić information content (AvgIpc) is 2.48. The molecule has 1 aromatic heterocycles. The Hall–Kier alpha value is -3.23. The Morgan fingerprint density at radius 2 is 2.19 bits per heavy atom. The number of ether oxygens (including phenoxy) is 1. The third-order valence-electron chi connectivity index (χ3n) is 2.48. The maximum Gasteiger partial charge on any atom is 0.272 e. The first-order valence-corrected chi connectivity index (χ1v) is 5.57. The van der Waals surface area contributed by atoms with Crippen LogP contribution in [0.4, 0.5) is 10.1 Å². The second kappa shape index (κ2) is 5.82. The van der Waals surface area contributed by atoms with Crippen molar-refractivity contribution in [1.29, 1.82) is 0 Å². The predicted molar refractivity (Wildman–Crippen MR) is 69.9 cm³/mol. The van der Waals surface area contributed by atoms with Gasteiger partial charge in [-0.2, -0.15) is 0 Å². The summed E-state index contributed by atoms with van der Waals surface area (Å²) in [6, 6.07) is 5.75. The van der Waals surface area contributed by atoms with E-state index < -0.39 is 16.4 Å². The molecule has 0 unspecified atom stereocenters. The molecular weight excluding hydrogens is 283 g/mol. The molecule has 1 aromatic carbocycles. The molecule has 0 aliphatic heterocycles. The topological polar surface area (TPSA) is 124 Å². The fourth-order valence-electron chi connectivity index (χ4n) is 1.48. The van der Waals surface area contributed by atoms with E-state index in [-0.39, 0.29) is 17.5 Å². The zero-order chi connectivity index (χ0) is 15.4. The molecule has 0 saturated heterocycles. The minimum Gasteiger partial charge on any atom is -0.436 e. The molecule has 8 nitrogen and oxygen atoms in total. The van der Waals surface area contributed by atoms with E-state index in [1.807, 2.05) is 0 Å². The third-order valence-corrected chi connectivity index (χ3v) is 2.48. The van der Waals surface area contributed by atoms with Crippen LogP contribution in [0.15, 0.2) is 41.7 Å². The minimum absolute atomic E-state index is 0.00754. The van der Waals surface area contributed by atoms with Crippen LogP contribution < -0.4 is 10.5 Å². The molecule has 0 amide bonds. The number of rotatable bonds is 4. The number of benzene rings is 1. The fraction of sp³-hybridized carbons (Fsp3) is 0. The van der Waals surface area contributed by atoms with Gasteiger partial charge in [0.1, 0.15) is 0 Å². The van der Waals surface area contributed by atoms with Crippen molar-refractivity contribution in [1.82, 2.24) is 4.98 Å². The maximum atomic E-state index is 13.7. The van der Waals surface area contributed by atoms with Gasteiger partial charge in [-0.15, -0.1) is 0 Å². The molecule has 0 atom stereocenters. The first-order valence-electron chi connectivity index (χ1n) is 5.57. The van der Waals surface area contributed by atoms with Crippen molar-refractivity contribution in [3.05, 3.63) is 58.0 Å². The summed E-state index contributed by atoms with van der Waals surface area (Å²) in [4.78, 5) is 13.6. The van der Waals surface area contributed by atoms with Crippen molar-refractivity contribution >= 4 is 11.5 Å². The second-order valence-electron chi connectivity index (χ2n) is 3.84. The SMILES string of the molecule is N/C(=N\O)c1ccnc(Oc2ccc([N+](=O)[O-])cc2F)c1. The number of nitro groups is 1. The Bertz CT molecular complexity index is 720. The molecule has 0 saturated carbocycles. The van der Waals surface area contributed by atoms with Gasteiger partial charge in [-0.05, 0) is 12.1 Å². The highest BCUT2D eigenvalue weighted by atomic mass is 19.1. The molecule has 0 radical (unpaired) electrons. The van der Waals surface area contributed by atoms with E-state index in [4.69, 9.17) is 15.7 Å². The zero-order valence-corrected chi connectivity index (χ0v) is 10.4. The fourth-order valence-corrected chi connectivity index (χ4v) is 1.48. The highest BCUT2D eigenvalue weighted by Gasteiger charge is 2.13. The van der Waals surface area contributed by atoms with Crippen LogP contribution in [0.1, 0.15) is 5.56 Å². The van der Waals surface area contributed by atoms with E-state index in [9.17, 15) is 14.5 Å². The Morgan fingerprint density at radius 3 is 2.81 bits per heavy atom. The van der Waals surface area contributed by atoms with Crippen LogP contribution in [-0.4, -0.2) is 21.0 Å². The minimum atomic E-state index is -0.903. The van der Waals surface area contributed by atoms with Crippen molar-refractivity contribution in [3.63, 3.8) is 0 Å². The normalized spacial score (nSPS) is 11.2. The lowest BCUT2D eigenvalue weighted by Gasteiger charge is -2.06. The highest BCUT2D eigenvalue weighted by molar-refractivity contribution is 5.97. The maximum absolute atomic E-state index is 13.7. The third kappa shape index (κ3) is 3.21. The van der Waals surface area contributed by atoms with Crippen LogP contribution in [0.2, 0.25) is 0 Å². The van der Waals surface area contributed by atoms with Crippen molar-refractivity contribution < 1.29 is 19.3 Å². The molecule has 108 valence electrons. The average molecular weight is 292 g/mol. The standard InChI is InChI=1S/C12H9FN4O4/c13-9-6-8(17(19)20)1-2-10(9)21-11-5-7(3-4-15-11)12(14)16-18/h1-6,18H,(H2,14,16). The lowest BCUT2D eigenvalue weighted by atomic mass is 10.2. The number of oxime groups is 1. The van der Waals surface area contributed by atoms with Gasteiger partial charge >= 0.3 is 0 Å². The van der Waals surface area contributed by atoms with Crippen LogP contribution in [0.5, 0.6) is 11.6 Å². The van der Waals surface area contributed by atoms with Gasteiger partial charge in [0.2, 0.25) is 5.88 Å². The summed E-state index contributed by atoms with van der Waals surface area (Å²) in [5.74, 6) is -1.30. The van der Waals surface area contributed by atoms with Crippen molar-refractivity contribution in [2.75, 3.05) is 0 Å². The van der Waals surface area contributed by atoms with E-state index in [1.54, 1.807) is 0 Å². The highest BCUT2D eigenvalue weighted by Crippen LogP contribution is 2.26. The van der Waals surface area contributed by atoms with Gasteiger partial charge in [-0.25, -0.2) is 9.37 Å². The quantitative estimate of drug-likeness (QED) is 0.292. The van der Waals surface area contributed by atoms with Gasteiger partial charge in [0, 0.05) is 23.9 Å². The summed E-state index contributed by atoms with van der Waals surface area (Å²) in [5, 5.41) is 21.9. The van der Waals surface area contributed by atoms with Gasteiger partial charge in [0.15, 0.2) is 17.4 Å². The van der Waals surface area contributed by atoms with E-state index in [1.165, 1.54) is 18.3 Å². The monoisotopic (exact) mass is 292 g/mol. The van der Waals surface area contributed by atoms with E-state index in [0.29, 0.717) is 5.56 Å². The zero-order valence-electron chi connectivity index (χ0n) is 10.4. The van der Waals surface area contributed by atoms with Crippen molar-refractivity contribution in [3.8, 4) is 11.6 Å². The summed E-state index contributed by atoms with van der Waals surface area (Å²) in [6.45, 7) is 0. The van der Waals surface area contributed by atoms with Crippen LogP contribution >= 0.6 is 0 Å². The summed E-state index contributed by atoms with van der Waals surface area (Å²) < 4.78 is 18.9. The summed E-state index contributed by atoms with van der Waals surface area (Å²) in [7, 11) is 0. The molecule has 0 aliphatic carbocycles. The summed E-state index contributed by atoms with van der Waals surface area (Å²) in [5.41, 5.74) is 5.34. The lowest BCUT2D eigenvalue weighted by Crippen LogP contribution is -2.13. The first kappa shape index (κ1) is 14.2. The number of amidine groups is 1. The number of aromatic nitrogens is 1. The molecule has 0 aliphatic rings. The molecule has 2 rings (SSSR count). The van der Waals surface area contributed by atoms with Crippen molar-refractivity contribution in [2.45, 2.75) is 0 Å². The van der Waals surface area contributed by atoms with E-state index in [0.717, 1.165) is 18.2 Å². The number of pyridine rings is 1. The Labute approximate surface area is 117 Å². The largest absolute Gasteiger partial charge is 0.436 e. The Balaban J connectivity index is 2.28. The van der Waals surface area contributed by atoms with Gasteiger partial charge in [0.05, 0.1) is 11.0 Å². The number of hydrogen-bond donors (Lipinski definition) is 2. The van der Waals surface area contributed by atoms with Crippen molar-refractivity contribution in [2.24, 2.45) is 10.9 Å². The van der Waals surface area contributed by atoms with Crippen LogP contribution in [0, 0.1) is 15.9 Å². The predicted octanol–water partition coefficient (Wildman–Crippen LogP) is 2.02. The molecule has 0 fully saturated rings. The number of nitrogens with two attached hydrogens (primary N) is 1. The number of nitro benzene ring substituents is 1. The first-order chi connectivity index (χ1) is 10.0. The molecule has 2 aromatic rings. The number of hydrogen-bond acceptors (Lipinski definition) is 6. The molecule has 21 heavy (non-hydrogen) atoms. The van der Waals surface area contributed by atoms with Gasteiger partial charge in [0.25, 0.3) is 5.69 Å². The van der Waals surface area contributed by atoms with Crippen LogP contribution in [-0.2, 0) is 0 Å². The lowest BCUT2D eigenvalue weighted by molar-refractivity contribution is -0.385. The molecule has 9 heteroatoms. The molecular formula is C12H9FN4O4. The van der Waals surface area contributed by atoms with E-state index in [2.05, 4.69) is 10.1 Å². The van der Waals surface area contributed by atoms with Crippen LogP contribution in [0.3, 0.4) is 0 Å². The summed E-state index contributed by atoms with van der Waals surface area (Å²) >= 11 is 0. The van der Waals surface area contributed by atoms with E-state index >= 15 is 0 Å². The van der Waals surface area contributed by atoms with Gasteiger partial charge < -0.3 is 15.7 Å².